The Bertz CT molecular complexity index is 581. The first kappa shape index (κ1) is 19.4. The number of carbonyl (C=O) groups excluding carboxylic acids is 1. The molecular weight excluding hydrogens is 326 g/mol. The fraction of sp³-hybridized carbons (Fsp3) is 0.800. The minimum absolute atomic E-state index is 0.0448. The van der Waals surface area contributed by atoms with E-state index < -0.39 is 5.54 Å². The predicted molar refractivity (Wildman–Crippen MR) is 104 cm³/mol. The quantitative estimate of drug-likeness (QED) is 0.840. The van der Waals surface area contributed by atoms with Crippen molar-refractivity contribution >= 4 is 5.91 Å². The molecule has 0 spiro atoms. The van der Waals surface area contributed by atoms with Gasteiger partial charge < -0.3 is 10.6 Å². The van der Waals surface area contributed by atoms with Crippen LogP contribution in [0.15, 0.2) is 18.5 Å². The van der Waals surface area contributed by atoms with Crippen molar-refractivity contribution < 1.29 is 4.79 Å². The third-order valence-corrected chi connectivity index (χ3v) is 6.20. The summed E-state index contributed by atoms with van der Waals surface area (Å²) in [5.41, 5.74) is -0.607. The second-order valence-electron chi connectivity index (χ2n) is 9.08. The van der Waals surface area contributed by atoms with E-state index in [4.69, 9.17) is 0 Å². The zero-order valence-corrected chi connectivity index (χ0v) is 16.8. The Labute approximate surface area is 157 Å². The molecule has 6 nitrogen and oxygen atoms in total. The zero-order valence-electron chi connectivity index (χ0n) is 16.8. The van der Waals surface area contributed by atoms with Crippen LogP contribution in [-0.2, 0) is 10.3 Å². The lowest BCUT2D eigenvalue weighted by atomic mass is 9.86. The van der Waals surface area contributed by atoms with E-state index in [1.165, 1.54) is 6.42 Å². The molecule has 0 radical (unpaired) electrons. The van der Waals surface area contributed by atoms with Gasteiger partial charge in [0.15, 0.2) is 0 Å². The maximum Gasteiger partial charge on any atom is 0.248 e. The summed E-state index contributed by atoms with van der Waals surface area (Å²) in [5.74, 6) is 1.54. The highest BCUT2D eigenvalue weighted by molar-refractivity contribution is 5.84. The lowest BCUT2D eigenvalue weighted by Gasteiger charge is -2.46. The van der Waals surface area contributed by atoms with Crippen molar-refractivity contribution in [3.63, 3.8) is 0 Å². The van der Waals surface area contributed by atoms with Gasteiger partial charge in [0.05, 0.1) is 0 Å². The molecule has 1 amide bonds. The molecule has 2 N–H and O–H groups in total. The maximum atomic E-state index is 13.3. The lowest BCUT2D eigenvalue weighted by molar-refractivity contribution is -0.132. The molecule has 146 valence electrons. The van der Waals surface area contributed by atoms with Gasteiger partial charge in [-0.25, -0.2) is 0 Å². The molecule has 0 bridgehead atoms. The minimum atomic E-state index is -0.562. The van der Waals surface area contributed by atoms with Gasteiger partial charge in [-0.15, -0.1) is 0 Å². The van der Waals surface area contributed by atoms with Crippen LogP contribution >= 0.6 is 0 Å². The maximum absolute atomic E-state index is 13.3. The first-order valence-electron chi connectivity index (χ1n) is 10.1. The molecule has 26 heavy (non-hydrogen) atoms. The van der Waals surface area contributed by atoms with Gasteiger partial charge in [0.25, 0.3) is 0 Å². The molecule has 6 heteroatoms. The number of aromatic nitrogens is 2. The van der Waals surface area contributed by atoms with Crippen molar-refractivity contribution in [3.8, 4) is 0 Å². The highest BCUT2D eigenvalue weighted by atomic mass is 16.2. The molecule has 2 unspecified atom stereocenters. The Morgan fingerprint density at radius 2 is 1.92 bits per heavy atom. The Kier molecular flexibility index (Phi) is 5.72. The van der Waals surface area contributed by atoms with Crippen molar-refractivity contribution in [2.24, 2.45) is 11.8 Å². The second kappa shape index (κ2) is 7.69. The number of nitrogens with zero attached hydrogens (tertiary/aromatic N) is 3. The van der Waals surface area contributed by atoms with Crippen LogP contribution in [0.5, 0.6) is 0 Å². The van der Waals surface area contributed by atoms with Crippen molar-refractivity contribution in [2.75, 3.05) is 32.7 Å². The molecular formula is C20H35N5O. The van der Waals surface area contributed by atoms with Crippen molar-refractivity contribution in [3.05, 3.63) is 18.5 Å². The van der Waals surface area contributed by atoms with Crippen LogP contribution in [0, 0.1) is 11.8 Å². The van der Waals surface area contributed by atoms with Crippen LogP contribution in [-0.4, -0.2) is 58.9 Å². The second-order valence-corrected chi connectivity index (χ2v) is 9.08. The SMILES string of the molecule is CC1CC(C)CN(C(C)(C)CNC(=O)C2(n3cccn3)CCNCC2)C1. The van der Waals surface area contributed by atoms with Crippen LogP contribution in [0.4, 0.5) is 0 Å². The van der Waals surface area contributed by atoms with Gasteiger partial charge in [-0.3, -0.25) is 14.4 Å². The van der Waals surface area contributed by atoms with Crippen LogP contribution in [0.25, 0.3) is 0 Å². The summed E-state index contributed by atoms with van der Waals surface area (Å²) in [5, 5.41) is 11.0. The monoisotopic (exact) mass is 361 g/mol. The fourth-order valence-electron chi connectivity index (χ4n) is 4.65. The van der Waals surface area contributed by atoms with E-state index in [1.807, 2.05) is 16.9 Å². The van der Waals surface area contributed by atoms with Crippen LogP contribution in [0.2, 0.25) is 0 Å². The topological polar surface area (TPSA) is 62.2 Å². The van der Waals surface area contributed by atoms with Gasteiger partial charge in [0.1, 0.15) is 5.54 Å². The normalized spacial score (nSPS) is 27.2. The summed E-state index contributed by atoms with van der Waals surface area (Å²) >= 11 is 0. The molecule has 1 aromatic heterocycles. The van der Waals surface area contributed by atoms with Crippen LogP contribution in [0.3, 0.4) is 0 Å². The minimum Gasteiger partial charge on any atom is -0.352 e. The third kappa shape index (κ3) is 3.96. The Balaban J connectivity index is 1.68. The summed E-state index contributed by atoms with van der Waals surface area (Å²) < 4.78 is 1.86. The summed E-state index contributed by atoms with van der Waals surface area (Å²) in [6, 6.07) is 1.90. The van der Waals surface area contributed by atoms with Crippen LogP contribution < -0.4 is 10.6 Å². The number of likely N-dealkylation sites (tertiary alicyclic amines) is 1. The number of hydrogen-bond donors (Lipinski definition) is 2. The first-order chi connectivity index (χ1) is 12.3. The fourth-order valence-corrected chi connectivity index (χ4v) is 4.65. The predicted octanol–water partition coefficient (Wildman–Crippen LogP) is 1.83. The number of hydrogen-bond acceptors (Lipinski definition) is 4. The first-order valence-corrected chi connectivity index (χ1v) is 10.1. The number of rotatable bonds is 5. The van der Waals surface area contributed by atoms with Gasteiger partial charge >= 0.3 is 0 Å². The molecule has 2 atom stereocenters. The van der Waals surface area contributed by atoms with E-state index in [-0.39, 0.29) is 11.4 Å². The van der Waals surface area contributed by atoms with E-state index in [9.17, 15) is 4.79 Å². The highest BCUT2D eigenvalue weighted by Crippen LogP contribution is 2.29. The summed E-state index contributed by atoms with van der Waals surface area (Å²) in [4.78, 5) is 15.8. The Hall–Kier alpha value is -1.40. The molecule has 2 saturated heterocycles. The summed E-state index contributed by atoms with van der Waals surface area (Å²) in [6.45, 7) is 13.8. The molecule has 1 aromatic rings. The smallest absolute Gasteiger partial charge is 0.248 e. The molecule has 2 aliphatic rings. The largest absolute Gasteiger partial charge is 0.352 e. The number of nitrogens with one attached hydrogen (secondary N) is 2. The third-order valence-electron chi connectivity index (χ3n) is 6.20. The number of amides is 1. The molecule has 3 rings (SSSR count). The molecule has 0 aromatic carbocycles. The van der Waals surface area contributed by atoms with E-state index >= 15 is 0 Å². The van der Waals surface area contributed by atoms with Gasteiger partial charge in [0.2, 0.25) is 5.91 Å². The van der Waals surface area contributed by atoms with Gasteiger partial charge in [0, 0.05) is 37.6 Å². The molecule has 2 aliphatic heterocycles. The summed E-state index contributed by atoms with van der Waals surface area (Å²) in [6.07, 6.45) is 6.54. The van der Waals surface area contributed by atoms with E-state index in [2.05, 4.69) is 48.3 Å². The average molecular weight is 362 g/mol. The lowest BCUT2D eigenvalue weighted by Crippen LogP contribution is -2.60. The Morgan fingerprint density at radius 3 is 2.50 bits per heavy atom. The number of piperidine rings is 2. The molecule has 0 saturated carbocycles. The molecule has 2 fully saturated rings. The van der Waals surface area contributed by atoms with E-state index in [1.54, 1.807) is 6.20 Å². The van der Waals surface area contributed by atoms with E-state index in [0.29, 0.717) is 18.4 Å². The Morgan fingerprint density at radius 1 is 1.27 bits per heavy atom. The zero-order chi connectivity index (χ0) is 18.8. The standard InChI is InChI=1S/C20H35N5O/c1-16-12-17(2)14-24(13-16)19(3,4)15-22-18(26)20(6-9-21-10-7-20)25-11-5-8-23-25/h5,8,11,16-17,21H,6-7,9-10,12-15H2,1-4H3,(H,22,26). The molecule has 0 aliphatic carbocycles. The van der Waals surface area contributed by atoms with Gasteiger partial charge in [-0.2, -0.15) is 5.10 Å². The van der Waals surface area contributed by atoms with Gasteiger partial charge in [-0.1, -0.05) is 13.8 Å². The van der Waals surface area contributed by atoms with Crippen molar-refractivity contribution in [1.82, 2.24) is 25.3 Å². The van der Waals surface area contributed by atoms with Crippen molar-refractivity contribution in [1.29, 1.82) is 0 Å². The number of carbonyl (C=O) groups is 1. The average Bonchev–Trinajstić information content (AvgIpc) is 3.14. The summed E-state index contributed by atoms with van der Waals surface area (Å²) in [7, 11) is 0. The van der Waals surface area contributed by atoms with Crippen LogP contribution in [0.1, 0.15) is 47.0 Å². The highest BCUT2D eigenvalue weighted by Gasteiger charge is 2.43. The van der Waals surface area contributed by atoms with Gasteiger partial charge in [-0.05, 0) is 64.1 Å². The molecule has 3 heterocycles. The van der Waals surface area contributed by atoms with E-state index in [0.717, 1.165) is 39.0 Å². The van der Waals surface area contributed by atoms with Crippen molar-refractivity contribution in [2.45, 2.75) is 58.0 Å².